The molecular formula is C13H17BrN2O2. The fourth-order valence-electron chi connectivity index (χ4n) is 2.07. The fraction of sp³-hybridized carbons (Fsp3) is 0.462. The molecule has 1 aromatic rings. The molecule has 18 heavy (non-hydrogen) atoms. The number of aliphatic hydroxyl groups excluding tert-OH is 1. The summed E-state index contributed by atoms with van der Waals surface area (Å²) in [7, 11) is 1.84. The first-order valence-corrected chi connectivity index (χ1v) is 6.79. The molecule has 1 heterocycles. The maximum atomic E-state index is 11.8. The van der Waals surface area contributed by atoms with E-state index in [0.717, 1.165) is 35.2 Å². The van der Waals surface area contributed by atoms with Crippen LogP contribution in [0.4, 0.5) is 5.69 Å². The second-order valence-corrected chi connectivity index (χ2v) is 5.38. The number of aliphatic hydroxyl groups is 1. The summed E-state index contributed by atoms with van der Waals surface area (Å²) in [5.74, 6) is 0.148. The van der Waals surface area contributed by atoms with Gasteiger partial charge in [0.25, 0.3) is 0 Å². The first-order chi connectivity index (χ1) is 8.61. The Balaban J connectivity index is 2.20. The topological polar surface area (TPSA) is 43.8 Å². The van der Waals surface area contributed by atoms with Crippen molar-refractivity contribution >= 4 is 27.5 Å². The van der Waals surface area contributed by atoms with E-state index in [9.17, 15) is 4.79 Å². The molecule has 2 rings (SSSR count). The highest BCUT2D eigenvalue weighted by molar-refractivity contribution is 9.10. The molecule has 1 aromatic carbocycles. The van der Waals surface area contributed by atoms with Gasteiger partial charge in [0.2, 0.25) is 5.91 Å². The van der Waals surface area contributed by atoms with E-state index in [2.05, 4.69) is 20.8 Å². The number of carbonyl (C=O) groups is 1. The molecule has 1 fully saturated rings. The molecule has 0 aromatic heterocycles. The molecule has 0 bridgehead atoms. The summed E-state index contributed by atoms with van der Waals surface area (Å²) in [6.45, 7) is 2.12. The van der Waals surface area contributed by atoms with E-state index in [1.807, 2.05) is 25.2 Å². The lowest BCUT2D eigenvalue weighted by molar-refractivity contribution is -0.127. The first-order valence-electron chi connectivity index (χ1n) is 6.00. The maximum Gasteiger partial charge on any atom is 0.241 e. The normalized spacial score (nSPS) is 16.9. The van der Waals surface area contributed by atoms with Crippen molar-refractivity contribution in [3.63, 3.8) is 0 Å². The standard InChI is InChI=1S/C13H17BrN2O2/c1-15-5-2-6-16(8-13(15)18)11-4-3-10(9-17)12(14)7-11/h3-4,7,17H,2,5-6,8-9H2,1H3. The molecule has 1 amide bonds. The molecule has 1 aliphatic heterocycles. The number of rotatable bonds is 2. The average molecular weight is 313 g/mol. The predicted molar refractivity (Wildman–Crippen MR) is 74.5 cm³/mol. The van der Waals surface area contributed by atoms with Crippen molar-refractivity contribution in [3.8, 4) is 0 Å². The molecule has 0 radical (unpaired) electrons. The SMILES string of the molecule is CN1CCCN(c2ccc(CO)c(Br)c2)CC1=O. The largest absolute Gasteiger partial charge is 0.392 e. The Morgan fingerprint density at radius 3 is 2.83 bits per heavy atom. The van der Waals surface area contributed by atoms with Gasteiger partial charge in [-0.1, -0.05) is 22.0 Å². The van der Waals surface area contributed by atoms with Gasteiger partial charge in [-0.2, -0.15) is 0 Å². The van der Waals surface area contributed by atoms with Crippen LogP contribution in [0.1, 0.15) is 12.0 Å². The molecule has 5 heteroatoms. The number of halogens is 1. The van der Waals surface area contributed by atoms with Crippen molar-refractivity contribution in [2.24, 2.45) is 0 Å². The van der Waals surface area contributed by atoms with Crippen LogP contribution in [-0.4, -0.2) is 42.6 Å². The molecular weight excluding hydrogens is 296 g/mol. The van der Waals surface area contributed by atoms with Crippen LogP contribution in [0.3, 0.4) is 0 Å². The van der Waals surface area contributed by atoms with Crippen LogP contribution < -0.4 is 4.90 Å². The van der Waals surface area contributed by atoms with E-state index in [4.69, 9.17) is 5.11 Å². The van der Waals surface area contributed by atoms with E-state index >= 15 is 0 Å². The Hall–Kier alpha value is -1.07. The molecule has 0 unspecified atom stereocenters. The zero-order valence-corrected chi connectivity index (χ0v) is 12.0. The number of amides is 1. The molecule has 0 spiro atoms. The Morgan fingerprint density at radius 2 is 2.17 bits per heavy atom. The number of benzene rings is 1. The van der Waals surface area contributed by atoms with Crippen molar-refractivity contribution in [1.82, 2.24) is 4.90 Å². The minimum Gasteiger partial charge on any atom is -0.392 e. The number of hydrogen-bond donors (Lipinski definition) is 1. The maximum absolute atomic E-state index is 11.8. The van der Waals surface area contributed by atoms with Gasteiger partial charge in [0.15, 0.2) is 0 Å². The summed E-state index contributed by atoms with van der Waals surface area (Å²) < 4.78 is 0.882. The van der Waals surface area contributed by atoms with Gasteiger partial charge in [0.1, 0.15) is 0 Å². The van der Waals surface area contributed by atoms with Crippen molar-refractivity contribution in [1.29, 1.82) is 0 Å². The van der Waals surface area contributed by atoms with Crippen LogP contribution >= 0.6 is 15.9 Å². The number of anilines is 1. The van der Waals surface area contributed by atoms with E-state index in [1.54, 1.807) is 4.90 Å². The molecule has 0 aliphatic carbocycles. The van der Waals surface area contributed by atoms with Crippen LogP contribution in [0.2, 0.25) is 0 Å². The van der Waals surface area contributed by atoms with Crippen LogP contribution in [0.5, 0.6) is 0 Å². The third-order valence-corrected chi connectivity index (χ3v) is 3.98. The predicted octanol–water partition coefficient (Wildman–Crippen LogP) is 1.61. The fourth-order valence-corrected chi connectivity index (χ4v) is 2.56. The number of likely N-dealkylation sites (N-methyl/N-ethyl adjacent to an activating group) is 1. The van der Waals surface area contributed by atoms with E-state index in [-0.39, 0.29) is 12.5 Å². The van der Waals surface area contributed by atoms with Crippen molar-refractivity contribution in [2.75, 3.05) is 31.6 Å². The second kappa shape index (κ2) is 5.71. The van der Waals surface area contributed by atoms with Gasteiger partial charge in [-0.15, -0.1) is 0 Å². The lowest BCUT2D eigenvalue weighted by atomic mass is 10.2. The van der Waals surface area contributed by atoms with Crippen LogP contribution in [-0.2, 0) is 11.4 Å². The average Bonchev–Trinajstić information content (AvgIpc) is 2.52. The molecule has 4 nitrogen and oxygen atoms in total. The number of carbonyl (C=O) groups excluding carboxylic acids is 1. The van der Waals surface area contributed by atoms with E-state index in [0.29, 0.717) is 6.54 Å². The van der Waals surface area contributed by atoms with Gasteiger partial charge in [0, 0.05) is 30.3 Å². The summed E-state index contributed by atoms with van der Waals surface area (Å²) in [6, 6.07) is 5.80. The highest BCUT2D eigenvalue weighted by Crippen LogP contribution is 2.25. The van der Waals surface area contributed by atoms with Gasteiger partial charge in [-0.3, -0.25) is 4.79 Å². The third kappa shape index (κ3) is 2.84. The molecule has 1 saturated heterocycles. The highest BCUT2D eigenvalue weighted by atomic mass is 79.9. The minimum atomic E-state index is 0.0164. The summed E-state index contributed by atoms with van der Waals surface area (Å²) in [5.41, 5.74) is 1.87. The number of hydrogen-bond acceptors (Lipinski definition) is 3. The summed E-state index contributed by atoms with van der Waals surface area (Å²) in [4.78, 5) is 15.7. The Labute approximate surface area is 115 Å². The van der Waals surface area contributed by atoms with Crippen LogP contribution in [0.15, 0.2) is 22.7 Å². The smallest absolute Gasteiger partial charge is 0.241 e. The second-order valence-electron chi connectivity index (χ2n) is 4.52. The van der Waals surface area contributed by atoms with Crippen LogP contribution in [0.25, 0.3) is 0 Å². The van der Waals surface area contributed by atoms with Crippen molar-refractivity contribution in [3.05, 3.63) is 28.2 Å². The van der Waals surface area contributed by atoms with Crippen LogP contribution in [0, 0.1) is 0 Å². The molecule has 98 valence electrons. The molecule has 0 atom stereocenters. The summed E-state index contributed by atoms with van der Waals surface area (Å²) in [5, 5.41) is 9.14. The Morgan fingerprint density at radius 1 is 1.39 bits per heavy atom. The lowest BCUT2D eigenvalue weighted by Crippen LogP contribution is -2.34. The zero-order valence-electron chi connectivity index (χ0n) is 10.4. The first kappa shape index (κ1) is 13.4. The molecule has 0 saturated carbocycles. The Kier molecular flexibility index (Phi) is 4.24. The molecule has 1 aliphatic rings. The van der Waals surface area contributed by atoms with Gasteiger partial charge < -0.3 is 14.9 Å². The van der Waals surface area contributed by atoms with Gasteiger partial charge in [0.05, 0.1) is 13.2 Å². The zero-order chi connectivity index (χ0) is 13.1. The monoisotopic (exact) mass is 312 g/mol. The summed E-state index contributed by atoms with van der Waals surface area (Å²) >= 11 is 3.44. The Bertz CT molecular complexity index is 451. The summed E-state index contributed by atoms with van der Waals surface area (Å²) in [6.07, 6.45) is 0.974. The third-order valence-electron chi connectivity index (χ3n) is 3.25. The van der Waals surface area contributed by atoms with Gasteiger partial charge in [-0.05, 0) is 24.1 Å². The minimum absolute atomic E-state index is 0.0164. The van der Waals surface area contributed by atoms with Gasteiger partial charge in [-0.25, -0.2) is 0 Å². The van der Waals surface area contributed by atoms with Crippen molar-refractivity contribution in [2.45, 2.75) is 13.0 Å². The molecule has 1 N–H and O–H groups in total. The van der Waals surface area contributed by atoms with E-state index < -0.39 is 0 Å². The highest BCUT2D eigenvalue weighted by Gasteiger charge is 2.19. The van der Waals surface area contributed by atoms with E-state index in [1.165, 1.54) is 0 Å². The van der Waals surface area contributed by atoms with Crippen molar-refractivity contribution < 1.29 is 9.90 Å². The quantitative estimate of drug-likeness (QED) is 0.902. The number of nitrogens with zero attached hydrogens (tertiary/aromatic N) is 2. The van der Waals surface area contributed by atoms with Gasteiger partial charge >= 0.3 is 0 Å². The lowest BCUT2D eigenvalue weighted by Gasteiger charge is -2.22.